The van der Waals surface area contributed by atoms with E-state index < -0.39 is 15.8 Å². The summed E-state index contributed by atoms with van der Waals surface area (Å²) >= 11 is 0. The largest absolute Gasteiger partial charge is 0.369 e. The number of piperidine rings is 1. The maximum absolute atomic E-state index is 14.1. The molecule has 21 heavy (non-hydrogen) atoms. The van der Waals surface area contributed by atoms with Gasteiger partial charge in [0.1, 0.15) is 5.82 Å². The molecule has 0 saturated carbocycles. The molecule has 3 N–H and O–H groups in total. The highest BCUT2D eigenvalue weighted by Gasteiger charge is 2.22. The molecule has 0 amide bonds. The minimum atomic E-state index is -3.86. The topological polar surface area (TPSA) is 75.4 Å². The van der Waals surface area contributed by atoms with E-state index >= 15 is 0 Å². The summed E-state index contributed by atoms with van der Waals surface area (Å²) in [7, 11) is -3.86. The van der Waals surface area contributed by atoms with Gasteiger partial charge < -0.3 is 10.2 Å². The number of nitrogens with one attached hydrogen (secondary N) is 1. The Labute approximate surface area is 125 Å². The molecular weight excluding hydrogens is 293 g/mol. The highest BCUT2D eigenvalue weighted by Crippen LogP contribution is 2.27. The number of anilines is 1. The monoisotopic (exact) mass is 315 g/mol. The third-order valence-corrected chi connectivity index (χ3v) is 4.80. The van der Waals surface area contributed by atoms with Crippen LogP contribution in [0.25, 0.3) is 0 Å². The van der Waals surface area contributed by atoms with E-state index in [1.54, 1.807) is 0 Å². The first-order valence-electron chi connectivity index (χ1n) is 7.20. The molecule has 0 aromatic heterocycles. The van der Waals surface area contributed by atoms with Gasteiger partial charge in [-0.2, -0.15) is 0 Å². The minimum Gasteiger partial charge on any atom is -0.369 e. The lowest BCUT2D eigenvalue weighted by Crippen LogP contribution is -2.37. The van der Waals surface area contributed by atoms with Gasteiger partial charge in [-0.05, 0) is 50.0 Å². The predicted molar refractivity (Wildman–Crippen MR) is 81.3 cm³/mol. The number of hydrogen-bond acceptors (Lipinski definition) is 4. The molecule has 7 heteroatoms. The van der Waals surface area contributed by atoms with Crippen molar-refractivity contribution < 1.29 is 12.8 Å². The van der Waals surface area contributed by atoms with Crippen LogP contribution in [0, 0.1) is 11.7 Å². The third-order valence-electron chi connectivity index (χ3n) is 3.89. The maximum atomic E-state index is 14.1. The van der Waals surface area contributed by atoms with Crippen LogP contribution in [0.1, 0.15) is 19.8 Å². The van der Waals surface area contributed by atoms with Gasteiger partial charge in [0.15, 0.2) is 0 Å². The third kappa shape index (κ3) is 4.15. The molecule has 1 fully saturated rings. The highest BCUT2D eigenvalue weighted by molar-refractivity contribution is 7.89. The summed E-state index contributed by atoms with van der Waals surface area (Å²) in [6.45, 7) is 5.60. The van der Waals surface area contributed by atoms with Crippen molar-refractivity contribution in [1.29, 1.82) is 0 Å². The van der Waals surface area contributed by atoms with Gasteiger partial charge in [-0.25, -0.2) is 17.9 Å². The van der Waals surface area contributed by atoms with E-state index in [4.69, 9.17) is 5.14 Å². The molecule has 1 aliphatic rings. The molecule has 2 rings (SSSR count). The molecule has 0 unspecified atom stereocenters. The lowest BCUT2D eigenvalue weighted by Gasteiger charge is -2.34. The van der Waals surface area contributed by atoms with E-state index in [1.165, 1.54) is 12.1 Å². The Balaban J connectivity index is 2.04. The Bertz CT molecular complexity index is 584. The summed E-state index contributed by atoms with van der Waals surface area (Å²) < 4.78 is 36.5. The van der Waals surface area contributed by atoms with Crippen LogP contribution in [-0.2, 0) is 10.0 Å². The van der Waals surface area contributed by atoms with Crippen molar-refractivity contribution in [1.82, 2.24) is 5.32 Å². The summed E-state index contributed by atoms with van der Waals surface area (Å²) in [5.74, 6) is 0.0830. The van der Waals surface area contributed by atoms with Gasteiger partial charge in [0.25, 0.3) is 0 Å². The van der Waals surface area contributed by atoms with E-state index in [0.29, 0.717) is 11.6 Å². The predicted octanol–water partition coefficient (Wildman–Crippen LogP) is 1.30. The Morgan fingerprint density at radius 2 is 2.05 bits per heavy atom. The Morgan fingerprint density at radius 1 is 1.38 bits per heavy atom. The molecule has 0 aliphatic carbocycles. The molecule has 0 atom stereocenters. The van der Waals surface area contributed by atoms with Crippen molar-refractivity contribution in [2.75, 3.05) is 31.1 Å². The zero-order valence-electron chi connectivity index (χ0n) is 12.2. The molecule has 1 heterocycles. The molecule has 0 radical (unpaired) electrons. The fourth-order valence-electron chi connectivity index (χ4n) is 2.65. The number of rotatable bonds is 5. The van der Waals surface area contributed by atoms with E-state index in [1.807, 2.05) is 4.90 Å². The molecule has 0 bridgehead atoms. The summed E-state index contributed by atoms with van der Waals surface area (Å²) in [6, 6.07) is 3.85. The molecular formula is C14H22FN3O2S. The molecule has 1 aromatic rings. The lowest BCUT2D eigenvalue weighted by atomic mass is 9.96. The minimum absolute atomic E-state index is 0.189. The van der Waals surface area contributed by atoms with Crippen LogP contribution in [-0.4, -0.2) is 34.6 Å². The van der Waals surface area contributed by atoms with Gasteiger partial charge in [0.05, 0.1) is 10.6 Å². The fraction of sp³-hybridized carbons (Fsp3) is 0.571. The van der Waals surface area contributed by atoms with Gasteiger partial charge in [0, 0.05) is 13.1 Å². The average molecular weight is 315 g/mol. The molecule has 1 aromatic carbocycles. The summed E-state index contributed by atoms with van der Waals surface area (Å²) in [5.41, 5.74) is 0.448. The Kier molecular flexibility index (Phi) is 5.18. The van der Waals surface area contributed by atoms with Crippen LogP contribution in [0.3, 0.4) is 0 Å². The van der Waals surface area contributed by atoms with Crippen molar-refractivity contribution in [3.63, 3.8) is 0 Å². The van der Waals surface area contributed by atoms with Crippen LogP contribution in [0.15, 0.2) is 23.1 Å². The van der Waals surface area contributed by atoms with Crippen molar-refractivity contribution >= 4 is 15.7 Å². The van der Waals surface area contributed by atoms with Gasteiger partial charge in [-0.3, -0.25) is 0 Å². The van der Waals surface area contributed by atoms with Crippen LogP contribution < -0.4 is 15.4 Å². The standard InChI is InChI=1S/C14H22FN3O2S/c1-2-17-10-11-5-7-18(8-6-11)14-4-3-12(9-13(14)15)21(16,19)20/h3-4,9,11,17H,2,5-8,10H2,1H3,(H2,16,19,20). The average Bonchev–Trinajstić information content (AvgIpc) is 2.45. The van der Waals surface area contributed by atoms with Gasteiger partial charge in [-0.15, -0.1) is 0 Å². The first kappa shape index (κ1) is 16.2. The lowest BCUT2D eigenvalue weighted by molar-refractivity contribution is 0.384. The summed E-state index contributed by atoms with van der Waals surface area (Å²) in [6.07, 6.45) is 2.01. The number of sulfonamides is 1. The van der Waals surface area contributed by atoms with E-state index in [-0.39, 0.29) is 4.90 Å². The first-order valence-corrected chi connectivity index (χ1v) is 8.74. The zero-order valence-corrected chi connectivity index (χ0v) is 13.0. The maximum Gasteiger partial charge on any atom is 0.238 e. The van der Waals surface area contributed by atoms with Crippen molar-refractivity contribution in [3.05, 3.63) is 24.0 Å². The number of nitrogens with zero attached hydrogens (tertiary/aromatic N) is 1. The number of hydrogen-bond donors (Lipinski definition) is 2. The zero-order chi connectivity index (χ0) is 15.5. The van der Waals surface area contributed by atoms with Crippen molar-refractivity contribution in [3.8, 4) is 0 Å². The molecule has 118 valence electrons. The second-order valence-electron chi connectivity index (χ2n) is 5.40. The quantitative estimate of drug-likeness (QED) is 0.859. The number of halogens is 1. The first-order chi connectivity index (χ1) is 9.91. The second-order valence-corrected chi connectivity index (χ2v) is 6.96. The van der Waals surface area contributed by atoms with Gasteiger partial charge >= 0.3 is 0 Å². The smallest absolute Gasteiger partial charge is 0.238 e. The molecule has 1 aliphatic heterocycles. The van der Waals surface area contributed by atoms with Crippen molar-refractivity contribution in [2.45, 2.75) is 24.7 Å². The SMILES string of the molecule is CCNCC1CCN(c2ccc(S(N)(=O)=O)cc2F)CC1. The number of benzene rings is 1. The normalized spacial score (nSPS) is 17.2. The summed E-state index contributed by atoms with van der Waals surface area (Å²) in [5, 5.41) is 8.34. The highest BCUT2D eigenvalue weighted by atomic mass is 32.2. The molecule has 5 nitrogen and oxygen atoms in total. The van der Waals surface area contributed by atoms with E-state index in [9.17, 15) is 12.8 Å². The van der Waals surface area contributed by atoms with Gasteiger partial charge in [0.2, 0.25) is 10.0 Å². The summed E-state index contributed by atoms with van der Waals surface area (Å²) in [4.78, 5) is 1.77. The van der Waals surface area contributed by atoms with Crippen LogP contribution in [0.2, 0.25) is 0 Å². The van der Waals surface area contributed by atoms with Gasteiger partial charge in [-0.1, -0.05) is 6.92 Å². The number of nitrogens with two attached hydrogens (primary N) is 1. The number of primary sulfonamides is 1. The van der Waals surface area contributed by atoms with Crippen LogP contribution >= 0.6 is 0 Å². The van der Waals surface area contributed by atoms with Crippen LogP contribution in [0.4, 0.5) is 10.1 Å². The molecule has 0 spiro atoms. The Hall–Kier alpha value is -1.18. The van der Waals surface area contributed by atoms with Crippen molar-refractivity contribution in [2.24, 2.45) is 11.1 Å². The second kappa shape index (κ2) is 6.72. The fourth-order valence-corrected chi connectivity index (χ4v) is 3.17. The van der Waals surface area contributed by atoms with E-state index in [0.717, 1.165) is 45.1 Å². The Morgan fingerprint density at radius 3 is 2.57 bits per heavy atom. The molecule has 1 saturated heterocycles. The van der Waals surface area contributed by atoms with Crippen LogP contribution in [0.5, 0.6) is 0 Å². The van der Waals surface area contributed by atoms with E-state index in [2.05, 4.69) is 12.2 Å².